The van der Waals surface area contributed by atoms with Crippen molar-refractivity contribution in [1.82, 2.24) is 14.8 Å². The highest BCUT2D eigenvalue weighted by atomic mass is 15.2. The van der Waals surface area contributed by atoms with E-state index in [4.69, 9.17) is 5.73 Å². The molecule has 0 fully saturated rings. The number of hydrogen-bond acceptors (Lipinski definition) is 3. The van der Waals surface area contributed by atoms with Crippen molar-refractivity contribution in [2.75, 3.05) is 5.73 Å². The Bertz CT molecular complexity index is 514. The minimum atomic E-state index is 0.559. The molecule has 4 nitrogen and oxygen atoms in total. The monoisotopic (exact) mass is 216 g/mol. The van der Waals surface area contributed by atoms with Crippen LogP contribution in [0.2, 0.25) is 0 Å². The van der Waals surface area contributed by atoms with Crippen LogP contribution < -0.4 is 5.73 Å². The Kier molecular flexibility index (Phi) is 2.64. The second-order valence-corrected chi connectivity index (χ2v) is 3.89. The molecular weight excluding hydrogens is 200 g/mol. The molecule has 0 atom stereocenters. The quantitative estimate of drug-likeness (QED) is 0.834. The maximum Gasteiger partial charge on any atom is 0.123 e. The van der Waals surface area contributed by atoms with E-state index in [2.05, 4.69) is 17.0 Å². The van der Waals surface area contributed by atoms with Gasteiger partial charge in [0.15, 0.2) is 0 Å². The fraction of sp³-hybridized carbons (Fsp3) is 0.333. The average Bonchev–Trinajstić information content (AvgIpc) is 2.59. The summed E-state index contributed by atoms with van der Waals surface area (Å²) in [6.45, 7) is 4.07. The Morgan fingerprint density at radius 3 is 2.69 bits per heavy atom. The average molecular weight is 216 g/mol. The first-order chi connectivity index (χ1) is 7.61. The van der Waals surface area contributed by atoms with Crippen LogP contribution in [0.5, 0.6) is 0 Å². The summed E-state index contributed by atoms with van der Waals surface area (Å²) in [6, 6.07) is 3.84. The molecule has 16 heavy (non-hydrogen) atoms. The zero-order valence-electron chi connectivity index (χ0n) is 9.86. The number of nitrogens with zero attached hydrogens (tertiary/aromatic N) is 3. The topological polar surface area (TPSA) is 56.7 Å². The molecular formula is C12H16N4. The third-order valence-corrected chi connectivity index (χ3v) is 2.64. The molecule has 0 amide bonds. The van der Waals surface area contributed by atoms with Gasteiger partial charge in [0, 0.05) is 30.1 Å². The number of rotatable bonds is 2. The first kappa shape index (κ1) is 10.7. The second-order valence-electron chi connectivity index (χ2n) is 3.89. The fourth-order valence-electron chi connectivity index (χ4n) is 1.89. The van der Waals surface area contributed by atoms with Gasteiger partial charge in [-0.3, -0.25) is 4.68 Å². The van der Waals surface area contributed by atoms with Gasteiger partial charge in [-0.2, -0.15) is 5.10 Å². The SMILES string of the molecule is CCc1nn(C)cc1-c1ccc(N)nc1C. The van der Waals surface area contributed by atoms with Gasteiger partial charge in [-0.25, -0.2) is 4.98 Å². The normalized spacial score (nSPS) is 10.7. The molecule has 0 bridgehead atoms. The Labute approximate surface area is 95.1 Å². The summed E-state index contributed by atoms with van der Waals surface area (Å²) in [4.78, 5) is 4.28. The summed E-state index contributed by atoms with van der Waals surface area (Å²) in [5.41, 5.74) is 9.95. The maximum absolute atomic E-state index is 5.65. The standard InChI is InChI=1S/C12H16N4/c1-4-11-10(7-16(3)15-11)9-5-6-12(13)14-8(9)2/h5-7H,4H2,1-3H3,(H2,13,14). The number of hydrogen-bond donors (Lipinski definition) is 1. The lowest BCUT2D eigenvalue weighted by atomic mass is 10.0. The highest BCUT2D eigenvalue weighted by molar-refractivity contribution is 5.68. The Morgan fingerprint density at radius 2 is 2.06 bits per heavy atom. The van der Waals surface area contributed by atoms with Crippen LogP contribution >= 0.6 is 0 Å². The molecule has 0 aromatic carbocycles. The van der Waals surface area contributed by atoms with Crippen LogP contribution in [0.25, 0.3) is 11.1 Å². The Hall–Kier alpha value is -1.84. The lowest BCUT2D eigenvalue weighted by Crippen LogP contribution is -1.95. The smallest absolute Gasteiger partial charge is 0.123 e. The van der Waals surface area contributed by atoms with Crippen molar-refractivity contribution in [3.8, 4) is 11.1 Å². The number of nitrogen functional groups attached to an aromatic ring is 1. The molecule has 2 aromatic heterocycles. The van der Waals surface area contributed by atoms with Gasteiger partial charge >= 0.3 is 0 Å². The zero-order valence-corrected chi connectivity index (χ0v) is 9.86. The van der Waals surface area contributed by atoms with E-state index in [1.165, 1.54) is 0 Å². The van der Waals surface area contributed by atoms with Crippen molar-refractivity contribution in [2.45, 2.75) is 20.3 Å². The van der Waals surface area contributed by atoms with E-state index in [-0.39, 0.29) is 0 Å². The van der Waals surface area contributed by atoms with Gasteiger partial charge in [0.25, 0.3) is 0 Å². The highest BCUT2D eigenvalue weighted by Gasteiger charge is 2.11. The molecule has 0 aliphatic heterocycles. The van der Waals surface area contributed by atoms with Crippen molar-refractivity contribution in [2.24, 2.45) is 7.05 Å². The molecule has 0 aliphatic carbocycles. The number of nitrogens with two attached hydrogens (primary N) is 1. The molecule has 0 unspecified atom stereocenters. The van der Waals surface area contributed by atoms with Crippen molar-refractivity contribution in [3.05, 3.63) is 29.7 Å². The lowest BCUT2D eigenvalue weighted by Gasteiger charge is -2.04. The molecule has 0 saturated heterocycles. The molecule has 0 saturated carbocycles. The highest BCUT2D eigenvalue weighted by Crippen LogP contribution is 2.26. The summed E-state index contributed by atoms with van der Waals surface area (Å²) < 4.78 is 1.84. The number of pyridine rings is 1. The lowest BCUT2D eigenvalue weighted by molar-refractivity contribution is 0.746. The van der Waals surface area contributed by atoms with Crippen LogP contribution in [0.1, 0.15) is 18.3 Å². The number of aromatic nitrogens is 3. The van der Waals surface area contributed by atoms with E-state index >= 15 is 0 Å². The van der Waals surface area contributed by atoms with E-state index in [0.29, 0.717) is 5.82 Å². The van der Waals surface area contributed by atoms with Gasteiger partial charge in [0.2, 0.25) is 0 Å². The maximum atomic E-state index is 5.65. The van der Waals surface area contributed by atoms with E-state index in [1.54, 1.807) is 0 Å². The predicted octanol–water partition coefficient (Wildman–Crippen LogP) is 1.94. The summed E-state index contributed by atoms with van der Waals surface area (Å²) in [6.07, 6.45) is 2.94. The van der Waals surface area contributed by atoms with Gasteiger partial charge < -0.3 is 5.73 Å². The molecule has 0 radical (unpaired) electrons. The van der Waals surface area contributed by atoms with Crippen molar-refractivity contribution in [1.29, 1.82) is 0 Å². The van der Waals surface area contributed by atoms with Crippen molar-refractivity contribution in [3.63, 3.8) is 0 Å². The molecule has 0 aliphatic rings. The largest absolute Gasteiger partial charge is 0.384 e. The van der Waals surface area contributed by atoms with Crippen LogP contribution in [0.4, 0.5) is 5.82 Å². The van der Waals surface area contributed by atoms with Gasteiger partial charge in [-0.15, -0.1) is 0 Å². The molecule has 2 N–H and O–H groups in total. The van der Waals surface area contributed by atoms with E-state index in [0.717, 1.165) is 28.9 Å². The van der Waals surface area contributed by atoms with E-state index < -0.39 is 0 Å². The van der Waals surface area contributed by atoms with Crippen LogP contribution in [0.3, 0.4) is 0 Å². The van der Waals surface area contributed by atoms with Crippen molar-refractivity contribution < 1.29 is 0 Å². The summed E-state index contributed by atoms with van der Waals surface area (Å²) in [5, 5.41) is 4.43. The number of aryl methyl sites for hydroxylation is 3. The zero-order chi connectivity index (χ0) is 11.7. The van der Waals surface area contributed by atoms with E-state index in [1.807, 2.05) is 37.0 Å². The van der Waals surface area contributed by atoms with Gasteiger partial charge in [0.05, 0.1) is 5.69 Å². The van der Waals surface area contributed by atoms with Crippen LogP contribution in [-0.4, -0.2) is 14.8 Å². The molecule has 4 heteroatoms. The summed E-state index contributed by atoms with van der Waals surface area (Å²) in [5.74, 6) is 0.559. The van der Waals surface area contributed by atoms with Gasteiger partial charge in [0.1, 0.15) is 5.82 Å². The summed E-state index contributed by atoms with van der Waals surface area (Å²) in [7, 11) is 1.93. The summed E-state index contributed by atoms with van der Waals surface area (Å²) >= 11 is 0. The molecule has 2 heterocycles. The van der Waals surface area contributed by atoms with Gasteiger partial charge in [-0.05, 0) is 25.5 Å². The van der Waals surface area contributed by atoms with Gasteiger partial charge in [-0.1, -0.05) is 6.92 Å². The fourth-order valence-corrected chi connectivity index (χ4v) is 1.89. The first-order valence-electron chi connectivity index (χ1n) is 5.37. The van der Waals surface area contributed by atoms with Crippen LogP contribution in [-0.2, 0) is 13.5 Å². The molecule has 84 valence electrons. The van der Waals surface area contributed by atoms with Crippen molar-refractivity contribution >= 4 is 5.82 Å². The molecule has 2 rings (SSSR count). The predicted molar refractivity (Wildman–Crippen MR) is 65.0 cm³/mol. The first-order valence-corrected chi connectivity index (χ1v) is 5.37. The Balaban J connectivity index is 2.57. The minimum Gasteiger partial charge on any atom is -0.384 e. The third kappa shape index (κ3) is 1.78. The third-order valence-electron chi connectivity index (χ3n) is 2.64. The Morgan fingerprint density at radius 1 is 1.31 bits per heavy atom. The second kappa shape index (κ2) is 3.96. The molecule has 2 aromatic rings. The van der Waals surface area contributed by atoms with Crippen LogP contribution in [0.15, 0.2) is 18.3 Å². The van der Waals surface area contributed by atoms with E-state index in [9.17, 15) is 0 Å². The number of anilines is 1. The molecule has 0 spiro atoms. The minimum absolute atomic E-state index is 0.559. The van der Waals surface area contributed by atoms with Crippen LogP contribution in [0, 0.1) is 6.92 Å².